The molecule has 0 aliphatic heterocycles. The Morgan fingerprint density at radius 3 is 1.85 bits per heavy atom. The highest BCUT2D eigenvalue weighted by Gasteiger charge is 2.13. The van der Waals surface area contributed by atoms with Gasteiger partial charge in [-0.2, -0.15) is 0 Å². The third-order valence-corrected chi connectivity index (χ3v) is 1.57. The predicted octanol–water partition coefficient (Wildman–Crippen LogP) is -2.04. The van der Waals surface area contributed by atoms with Crippen LogP contribution in [0.1, 0.15) is 0 Å². The summed E-state index contributed by atoms with van der Waals surface area (Å²) in [5, 5.41) is 0.724. The van der Waals surface area contributed by atoms with Crippen LogP contribution in [0.15, 0.2) is 0 Å². The predicted molar refractivity (Wildman–Crippen MR) is 52.7 cm³/mol. The van der Waals surface area contributed by atoms with E-state index in [9.17, 15) is 0 Å². The van der Waals surface area contributed by atoms with Gasteiger partial charge in [-0.25, -0.2) is 21.8 Å². The van der Waals surface area contributed by atoms with Crippen molar-refractivity contribution in [2.45, 2.75) is 0 Å². The Balaban J connectivity index is 3.41. The van der Waals surface area contributed by atoms with Gasteiger partial charge in [-0.3, -0.25) is 0 Å². The Hall–Kier alpha value is -1.93. The Labute approximate surface area is 74.4 Å². The zero-order valence-corrected chi connectivity index (χ0v) is 6.86. The highest BCUT2D eigenvalue weighted by atomic mass is 15.6. The second-order valence-electron chi connectivity index (χ2n) is 2.47. The van der Waals surface area contributed by atoms with Gasteiger partial charge < -0.3 is 22.9 Å². The van der Waals surface area contributed by atoms with Gasteiger partial charge in [0, 0.05) is 0 Å². The second-order valence-corrected chi connectivity index (χ2v) is 2.47. The fraction of sp³-hybridized carbons (Fsp3) is 0. The van der Waals surface area contributed by atoms with Crippen LogP contribution < -0.4 is 39.7 Å². The number of nitrogens with two attached hydrogens (primary N) is 6. The molecule has 1 heterocycles. The van der Waals surface area contributed by atoms with E-state index in [1.165, 1.54) is 0 Å². The van der Waals surface area contributed by atoms with Gasteiger partial charge in [-0.15, -0.1) is 0 Å². The number of hydrogen-bond donors (Lipinski definition) is 6. The van der Waals surface area contributed by atoms with E-state index in [4.69, 9.17) is 34.6 Å². The molecule has 0 saturated heterocycles. The van der Waals surface area contributed by atoms with Crippen LogP contribution in [-0.2, 0) is 0 Å². The third-order valence-electron chi connectivity index (χ3n) is 1.57. The standard InChI is InChI=1S/C5H12N8/c6-1-2(7)4(9)12-5(3(1)8)13(10)11/h7-8,10-11H2,(H4,6,9,12). The summed E-state index contributed by atoms with van der Waals surface area (Å²) >= 11 is 0. The highest BCUT2D eigenvalue weighted by Crippen LogP contribution is 2.32. The minimum Gasteiger partial charge on any atom is -0.395 e. The number of hydrogen-bond acceptors (Lipinski definition) is 8. The Kier molecular flexibility index (Phi) is 2.00. The molecule has 0 aromatic carbocycles. The van der Waals surface area contributed by atoms with E-state index in [0.717, 1.165) is 5.12 Å². The van der Waals surface area contributed by atoms with Crippen LogP contribution in [-0.4, -0.2) is 4.98 Å². The van der Waals surface area contributed by atoms with Crippen molar-refractivity contribution in [1.82, 2.24) is 4.98 Å². The average Bonchev–Trinajstić information content (AvgIpc) is 2.07. The molecule has 1 rings (SSSR count). The van der Waals surface area contributed by atoms with Gasteiger partial charge in [0.05, 0.1) is 11.4 Å². The number of hydrazine groups is 2. The summed E-state index contributed by atoms with van der Waals surface area (Å²) in [4.78, 5) is 3.76. The normalized spacial score (nSPS) is 10.0. The smallest absolute Gasteiger partial charge is 0.185 e. The van der Waals surface area contributed by atoms with Crippen LogP contribution in [0.25, 0.3) is 0 Å². The van der Waals surface area contributed by atoms with Gasteiger partial charge in [0.2, 0.25) is 0 Å². The van der Waals surface area contributed by atoms with Gasteiger partial charge in [0.25, 0.3) is 0 Å². The summed E-state index contributed by atoms with van der Waals surface area (Å²) in [5.41, 5.74) is 22.3. The quantitative estimate of drug-likeness (QED) is 0.214. The number of rotatable bonds is 1. The van der Waals surface area contributed by atoms with E-state index in [1.807, 2.05) is 0 Å². The summed E-state index contributed by atoms with van der Waals surface area (Å²) in [5.74, 6) is 10.6. The number of pyridine rings is 1. The Bertz CT molecular complexity index is 332. The molecule has 12 N–H and O–H groups in total. The molecule has 0 radical (unpaired) electrons. The molecule has 0 aliphatic carbocycles. The summed E-state index contributed by atoms with van der Waals surface area (Å²) in [7, 11) is 0. The lowest BCUT2D eigenvalue weighted by Crippen LogP contribution is -2.39. The highest BCUT2D eigenvalue weighted by molar-refractivity contribution is 5.90. The zero-order valence-electron chi connectivity index (χ0n) is 6.86. The molecule has 13 heavy (non-hydrogen) atoms. The average molecular weight is 184 g/mol. The third kappa shape index (κ3) is 1.35. The summed E-state index contributed by atoms with van der Waals surface area (Å²) in [6, 6.07) is 0. The molecule has 0 spiro atoms. The minimum absolute atomic E-state index is 0.0441. The van der Waals surface area contributed by atoms with Crippen LogP contribution in [0.4, 0.5) is 28.7 Å². The molecule has 0 atom stereocenters. The molecule has 0 unspecified atom stereocenters. The van der Waals surface area contributed by atoms with Crippen molar-refractivity contribution in [1.29, 1.82) is 0 Å². The largest absolute Gasteiger partial charge is 0.395 e. The maximum atomic E-state index is 5.53. The van der Waals surface area contributed by atoms with E-state index >= 15 is 0 Å². The lowest BCUT2D eigenvalue weighted by Gasteiger charge is -2.16. The summed E-state index contributed by atoms with van der Waals surface area (Å²) < 4.78 is 0. The number of aromatic nitrogens is 1. The first-order chi connectivity index (χ1) is 5.95. The molecule has 0 bridgehead atoms. The molecule has 0 saturated carbocycles. The molecule has 1 aromatic rings. The van der Waals surface area contributed by atoms with Crippen molar-refractivity contribution in [2.24, 2.45) is 11.7 Å². The molecule has 72 valence electrons. The molecule has 0 fully saturated rings. The van der Waals surface area contributed by atoms with E-state index < -0.39 is 0 Å². The minimum atomic E-state index is 0.0441. The van der Waals surface area contributed by atoms with E-state index in [1.54, 1.807) is 0 Å². The summed E-state index contributed by atoms with van der Waals surface area (Å²) in [6.45, 7) is 0. The molecule has 0 aliphatic rings. The number of nitrogens with zero attached hydrogens (tertiary/aromatic N) is 2. The van der Waals surface area contributed by atoms with Crippen molar-refractivity contribution in [2.75, 3.05) is 28.1 Å². The number of nitrogen functional groups attached to an aromatic ring is 4. The summed E-state index contributed by atoms with van der Waals surface area (Å²) in [6.07, 6.45) is 0. The van der Waals surface area contributed by atoms with E-state index in [2.05, 4.69) is 4.98 Å². The zero-order chi connectivity index (χ0) is 10.2. The van der Waals surface area contributed by atoms with Crippen LogP contribution >= 0.6 is 0 Å². The van der Waals surface area contributed by atoms with Gasteiger partial charge in [-0.1, -0.05) is 0 Å². The van der Waals surface area contributed by atoms with Gasteiger partial charge in [-0.05, 0) is 0 Å². The fourth-order valence-electron chi connectivity index (χ4n) is 0.835. The fourth-order valence-corrected chi connectivity index (χ4v) is 0.835. The maximum Gasteiger partial charge on any atom is 0.185 e. The first-order valence-electron chi connectivity index (χ1n) is 3.34. The van der Waals surface area contributed by atoms with Crippen LogP contribution in [0, 0.1) is 0 Å². The number of anilines is 5. The second kappa shape index (κ2) is 2.84. The molecular formula is C5H12N8. The topological polar surface area (TPSA) is 172 Å². The first-order valence-corrected chi connectivity index (χ1v) is 3.34. The lowest BCUT2D eigenvalue weighted by molar-refractivity contribution is 0.901. The van der Waals surface area contributed by atoms with Crippen molar-refractivity contribution in [3.63, 3.8) is 0 Å². The molecular weight excluding hydrogens is 172 g/mol. The van der Waals surface area contributed by atoms with E-state index in [-0.39, 0.29) is 28.7 Å². The van der Waals surface area contributed by atoms with Gasteiger partial charge in [0.1, 0.15) is 5.69 Å². The Morgan fingerprint density at radius 2 is 1.38 bits per heavy atom. The maximum absolute atomic E-state index is 5.53. The van der Waals surface area contributed by atoms with Crippen molar-refractivity contribution in [3.8, 4) is 0 Å². The molecule has 8 nitrogen and oxygen atoms in total. The SMILES string of the molecule is Nc1nc(N(N)N)c(N)c(N)c1N. The molecule has 1 aromatic heterocycles. The van der Waals surface area contributed by atoms with Crippen LogP contribution in [0.3, 0.4) is 0 Å². The monoisotopic (exact) mass is 184 g/mol. The molecule has 0 amide bonds. The van der Waals surface area contributed by atoms with Crippen molar-refractivity contribution < 1.29 is 0 Å². The van der Waals surface area contributed by atoms with Crippen molar-refractivity contribution >= 4 is 28.7 Å². The van der Waals surface area contributed by atoms with Gasteiger partial charge >= 0.3 is 0 Å². The molecule has 8 heteroatoms. The first kappa shape index (κ1) is 9.16. The lowest BCUT2D eigenvalue weighted by atomic mass is 10.3. The van der Waals surface area contributed by atoms with Gasteiger partial charge in [0.15, 0.2) is 11.6 Å². The Morgan fingerprint density at radius 1 is 0.846 bits per heavy atom. The van der Waals surface area contributed by atoms with Crippen LogP contribution in [0.5, 0.6) is 0 Å². The van der Waals surface area contributed by atoms with Crippen LogP contribution in [0.2, 0.25) is 0 Å². The van der Waals surface area contributed by atoms with Crippen molar-refractivity contribution in [3.05, 3.63) is 0 Å². The van der Waals surface area contributed by atoms with E-state index in [0.29, 0.717) is 0 Å².